The molecule has 0 aliphatic heterocycles. The van der Waals surface area contributed by atoms with Gasteiger partial charge < -0.3 is 5.32 Å². The summed E-state index contributed by atoms with van der Waals surface area (Å²) in [7, 11) is 0. The summed E-state index contributed by atoms with van der Waals surface area (Å²) in [6.07, 6.45) is 1.57. The highest BCUT2D eigenvalue weighted by Crippen LogP contribution is 2.22. The maximum atomic E-state index is 12.3. The van der Waals surface area contributed by atoms with E-state index in [1.54, 1.807) is 30.5 Å². The predicted molar refractivity (Wildman–Crippen MR) is 123 cm³/mol. The van der Waals surface area contributed by atoms with Crippen molar-refractivity contribution in [2.75, 3.05) is 5.32 Å². The number of carbonyl (C=O) groups is 1. The van der Waals surface area contributed by atoms with Crippen molar-refractivity contribution >= 4 is 46.1 Å². The molecule has 0 saturated heterocycles. The first-order valence-corrected chi connectivity index (χ1v) is 9.79. The first-order chi connectivity index (χ1) is 14.6. The number of anilines is 2. The third-order valence-corrected chi connectivity index (χ3v) is 4.84. The van der Waals surface area contributed by atoms with Crippen molar-refractivity contribution in [3.05, 3.63) is 101 Å². The Morgan fingerprint density at radius 2 is 1.73 bits per heavy atom. The predicted octanol–water partition coefficient (Wildman–Crippen LogP) is 5.70. The Kier molecular flexibility index (Phi) is 5.72. The molecule has 30 heavy (non-hydrogen) atoms. The van der Waals surface area contributed by atoms with E-state index in [-0.39, 0.29) is 5.91 Å². The molecule has 3 aromatic carbocycles. The molecule has 2 N–H and O–H groups in total. The average Bonchev–Trinajstić information content (AvgIpc) is 2.76. The van der Waals surface area contributed by atoms with Gasteiger partial charge in [-0.2, -0.15) is 5.10 Å². The number of nitrogens with one attached hydrogen (secondary N) is 2. The van der Waals surface area contributed by atoms with E-state index < -0.39 is 0 Å². The summed E-state index contributed by atoms with van der Waals surface area (Å²) in [6, 6.07) is 24.4. The van der Waals surface area contributed by atoms with Crippen LogP contribution in [0.15, 0.2) is 84.0 Å². The SMILES string of the molecule is Cc1cc(Nc2ccc(C(=O)N/N=C/c3ccc(Cl)cc3)cc2)nc2ccccc12. The number of aromatic nitrogens is 1. The lowest BCUT2D eigenvalue weighted by molar-refractivity contribution is 0.0955. The highest BCUT2D eigenvalue weighted by molar-refractivity contribution is 6.30. The van der Waals surface area contributed by atoms with E-state index in [0.717, 1.165) is 33.5 Å². The van der Waals surface area contributed by atoms with Crippen LogP contribution in [0.3, 0.4) is 0 Å². The number of nitrogens with zero attached hydrogens (tertiary/aromatic N) is 2. The van der Waals surface area contributed by atoms with E-state index in [1.807, 2.05) is 48.5 Å². The van der Waals surface area contributed by atoms with E-state index in [0.29, 0.717) is 10.6 Å². The summed E-state index contributed by atoms with van der Waals surface area (Å²) in [5.41, 5.74) is 6.81. The zero-order valence-corrected chi connectivity index (χ0v) is 17.0. The number of fused-ring (bicyclic) bond motifs is 1. The molecule has 0 bridgehead atoms. The molecule has 0 fully saturated rings. The molecule has 1 amide bonds. The first kappa shape index (κ1) is 19.6. The lowest BCUT2D eigenvalue weighted by Crippen LogP contribution is -2.17. The molecule has 0 unspecified atom stereocenters. The van der Waals surface area contributed by atoms with Crippen LogP contribution in [-0.2, 0) is 0 Å². The third-order valence-electron chi connectivity index (χ3n) is 4.59. The Hall–Kier alpha value is -3.70. The van der Waals surface area contributed by atoms with Gasteiger partial charge in [0, 0.05) is 21.7 Å². The van der Waals surface area contributed by atoms with Crippen LogP contribution in [-0.4, -0.2) is 17.1 Å². The summed E-state index contributed by atoms with van der Waals surface area (Å²) >= 11 is 5.85. The van der Waals surface area contributed by atoms with Crippen molar-refractivity contribution in [1.82, 2.24) is 10.4 Å². The number of hydrogen-bond donors (Lipinski definition) is 2. The van der Waals surface area contributed by atoms with E-state index in [9.17, 15) is 4.79 Å². The molecule has 0 spiro atoms. The Morgan fingerprint density at radius 1 is 1.00 bits per heavy atom. The van der Waals surface area contributed by atoms with E-state index in [1.165, 1.54) is 0 Å². The number of pyridine rings is 1. The number of carbonyl (C=O) groups excluding carboxylic acids is 1. The van der Waals surface area contributed by atoms with Gasteiger partial charge in [-0.25, -0.2) is 10.4 Å². The van der Waals surface area contributed by atoms with E-state index in [4.69, 9.17) is 11.6 Å². The highest BCUT2D eigenvalue weighted by atomic mass is 35.5. The monoisotopic (exact) mass is 414 g/mol. The highest BCUT2D eigenvalue weighted by Gasteiger charge is 2.06. The van der Waals surface area contributed by atoms with Crippen LogP contribution in [0.4, 0.5) is 11.5 Å². The molecule has 4 rings (SSSR count). The van der Waals surface area contributed by atoms with Gasteiger partial charge in [-0.3, -0.25) is 4.79 Å². The fourth-order valence-electron chi connectivity index (χ4n) is 3.05. The molecule has 1 aromatic heterocycles. The molecule has 0 aliphatic rings. The van der Waals surface area contributed by atoms with Crippen molar-refractivity contribution in [2.24, 2.45) is 5.10 Å². The smallest absolute Gasteiger partial charge is 0.271 e. The number of benzene rings is 3. The summed E-state index contributed by atoms with van der Waals surface area (Å²) in [4.78, 5) is 16.9. The van der Waals surface area contributed by atoms with Gasteiger partial charge in [0.05, 0.1) is 11.7 Å². The largest absolute Gasteiger partial charge is 0.340 e. The summed E-state index contributed by atoms with van der Waals surface area (Å²) < 4.78 is 0. The molecule has 1 heterocycles. The molecule has 148 valence electrons. The maximum Gasteiger partial charge on any atom is 0.271 e. The quantitative estimate of drug-likeness (QED) is 0.325. The molecular formula is C24H19ClN4O. The number of hydrazone groups is 1. The van der Waals surface area contributed by atoms with Crippen LogP contribution in [0.1, 0.15) is 21.5 Å². The number of rotatable bonds is 5. The molecule has 0 aliphatic carbocycles. The fraction of sp³-hybridized carbons (Fsp3) is 0.0417. The summed E-state index contributed by atoms with van der Waals surface area (Å²) in [5.74, 6) is 0.474. The molecule has 6 heteroatoms. The van der Waals surface area contributed by atoms with Crippen LogP contribution in [0.25, 0.3) is 10.9 Å². The van der Waals surface area contributed by atoms with Crippen LogP contribution >= 0.6 is 11.6 Å². The molecule has 0 saturated carbocycles. The van der Waals surface area contributed by atoms with Crippen molar-refractivity contribution < 1.29 is 4.79 Å². The van der Waals surface area contributed by atoms with Crippen molar-refractivity contribution in [3.63, 3.8) is 0 Å². The minimum absolute atomic E-state index is 0.286. The van der Waals surface area contributed by atoms with Gasteiger partial charge in [0.25, 0.3) is 5.91 Å². The Bertz CT molecular complexity index is 1220. The number of amides is 1. The van der Waals surface area contributed by atoms with Crippen LogP contribution < -0.4 is 10.7 Å². The molecule has 0 radical (unpaired) electrons. The van der Waals surface area contributed by atoms with Gasteiger partial charge in [-0.05, 0) is 66.6 Å². The van der Waals surface area contributed by atoms with Crippen molar-refractivity contribution in [2.45, 2.75) is 6.92 Å². The van der Waals surface area contributed by atoms with Crippen LogP contribution in [0.2, 0.25) is 5.02 Å². The minimum Gasteiger partial charge on any atom is -0.340 e. The summed E-state index contributed by atoms with van der Waals surface area (Å²) in [6.45, 7) is 2.06. The second-order valence-corrected chi connectivity index (χ2v) is 7.23. The van der Waals surface area contributed by atoms with Gasteiger partial charge in [-0.15, -0.1) is 0 Å². The number of para-hydroxylation sites is 1. The fourth-order valence-corrected chi connectivity index (χ4v) is 3.17. The van der Waals surface area contributed by atoms with Crippen molar-refractivity contribution in [3.8, 4) is 0 Å². The zero-order valence-electron chi connectivity index (χ0n) is 16.3. The third kappa shape index (κ3) is 4.64. The Morgan fingerprint density at radius 3 is 2.50 bits per heavy atom. The van der Waals surface area contributed by atoms with Gasteiger partial charge in [0.1, 0.15) is 5.82 Å². The number of aryl methyl sites for hydroxylation is 1. The van der Waals surface area contributed by atoms with Crippen LogP contribution in [0, 0.1) is 6.92 Å². The van der Waals surface area contributed by atoms with Gasteiger partial charge in [0.15, 0.2) is 0 Å². The topological polar surface area (TPSA) is 66.4 Å². The number of halogens is 1. The van der Waals surface area contributed by atoms with Gasteiger partial charge in [0.2, 0.25) is 0 Å². The summed E-state index contributed by atoms with van der Waals surface area (Å²) in [5, 5.41) is 9.06. The second kappa shape index (κ2) is 8.76. The Balaban J connectivity index is 1.41. The van der Waals surface area contributed by atoms with Crippen molar-refractivity contribution in [1.29, 1.82) is 0 Å². The Labute approximate surface area is 179 Å². The van der Waals surface area contributed by atoms with E-state index in [2.05, 4.69) is 33.8 Å². The van der Waals surface area contributed by atoms with E-state index >= 15 is 0 Å². The zero-order chi connectivity index (χ0) is 20.9. The number of hydrogen-bond acceptors (Lipinski definition) is 4. The van der Waals surface area contributed by atoms with Gasteiger partial charge in [-0.1, -0.05) is 41.9 Å². The normalized spacial score (nSPS) is 11.0. The second-order valence-electron chi connectivity index (χ2n) is 6.79. The van der Waals surface area contributed by atoms with Gasteiger partial charge >= 0.3 is 0 Å². The molecule has 4 aromatic rings. The minimum atomic E-state index is -0.286. The molecule has 0 atom stereocenters. The lowest BCUT2D eigenvalue weighted by Gasteiger charge is -2.09. The van der Waals surface area contributed by atoms with Crippen LogP contribution in [0.5, 0.6) is 0 Å². The molecule has 5 nitrogen and oxygen atoms in total. The first-order valence-electron chi connectivity index (χ1n) is 9.41. The molecular weight excluding hydrogens is 396 g/mol. The standard InChI is InChI=1S/C24H19ClN4O/c1-16-14-23(28-22-5-3-2-4-21(16)22)27-20-12-8-18(9-13-20)24(30)29-26-15-17-6-10-19(25)11-7-17/h2-15H,1H3,(H,27,28)(H,29,30)/b26-15+. The average molecular weight is 415 g/mol. The lowest BCUT2D eigenvalue weighted by atomic mass is 10.1. The maximum absolute atomic E-state index is 12.3.